The van der Waals surface area contributed by atoms with Crippen molar-refractivity contribution in [1.82, 2.24) is 0 Å². The molecule has 0 saturated heterocycles. The Balaban J connectivity index is 0.000000236. The van der Waals surface area contributed by atoms with Crippen LogP contribution in [0.15, 0.2) is 285 Å². The van der Waals surface area contributed by atoms with Gasteiger partial charge in [-0.05, 0) is 139 Å². The van der Waals surface area contributed by atoms with E-state index in [2.05, 4.69) is 422 Å². The quantitative estimate of drug-likeness (QED) is 0.0512. The minimum Gasteiger partial charge on any atom is -1.00 e. The van der Waals surface area contributed by atoms with Crippen LogP contribution in [0.25, 0.3) is 68.0 Å². The maximum atomic E-state index is 2.44. The van der Waals surface area contributed by atoms with Gasteiger partial charge in [0.05, 0.1) is 155 Å². The fourth-order valence-corrected chi connectivity index (χ4v) is 18.6. The lowest BCUT2D eigenvalue weighted by atomic mass is 10.1. The predicted molar refractivity (Wildman–Crippen MR) is 479 cm³/mol. The Kier molecular flexibility index (Phi) is 38.0. The number of fused-ring (bicyclic) bond motifs is 6. The second-order valence-corrected chi connectivity index (χ2v) is 35.2. The lowest BCUT2D eigenvalue weighted by Gasteiger charge is -2.29. The molecule has 3 aromatic heterocycles. The number of anilines is 6. The molecule has 12 aromatic rings. The molecule has 0 atom stereocenters. The number of nitrogens with zero attached hydrogens (tertiary/aromatic N) is 12. The van der Waals surface area contributed by atoms with Crippen LogP contribution in [0.2, 0.25) is 0 Å². The molecule has 9 aromatic carbocycles. The molecule has 3 aliphatic rings. The van der Waals surface area contributed by atoms with Gasteiger partial charge < -0.3 is 172 Å². The number of quaternary nitrogens is 3. The number of thioether (sulfide) groups is 3. The van der Waals surface area contributed by atoms with Crippen LogP contribution < -0.4 is 187 Å². The van der Waals surface area contributed by atoms with Gasteiger partial charge in [0.25, 0.3) is 17.5 Å². The smallest absolute Gasteiger partial charge is 0.282 e. The first kappa shape index (κ1) is 98.7. The maximum Gasteiger partial charge on any atom is 0.282 e. The second-order valence-electron chi connectivity index (χ2n) is 32.0. The highest BCUT2D eigenvalue weighted by Crippen LogP contribution is 2.49. The number of hydrogen-bond acceptors (Lipinski definition) is 9. The molecule has 618 valence electrons. The third-order valence-electron chi connectivity index (χ3n) is 21.8. The average Bonchev–Trinajstić information content (AvgIpc) is 1.70. The van der Waals surface area contributed by atoms with Gasteiger partial charge in [0.2, 0.25) is 0 Å². The normalized spacial score (nSPS) is 13.7. The van der Waals surface area contributed by atoms with Crippen LogP contribution in [0.3, 0.4) is 0 Å². The van der Waals surface area contributed by atoms with Gasteiger partial charge in [-0.1, -0.05) is 188 Å². The molecule has 15 rings (SSSR count). The number of aromatic nitrogens is 3. The van der Waals surface area contributed by atoms with Crippen LogP contribution in [0.4, 0.5) is 34.5 Å². The lowest BCUT2D eigenvalue weighted by Crippen LogP contribution is -3.00. The van der Waals surface area contributed by atoms with E-state index in [1.807, 2.05) is 35.3 Å². The number of halogens is 6. The predicted octanol–water partition coefficient (Wildman–Crippen LogP) is 1.76. The van der Waals surface area contributed by atoms with Crippen LogP contribution in [0.5, 0.6) is 0 Å². The fourth-order valence-electron chi connectivity index (χ4n) is 15.3. The molecule has 3 aliphatic heterocycles. The van der Waals surface area contributed by atoms with Crippen molar-refractivity contribution in [3.8, 4) is 17.1 Å². The molecule has 0 spiro atoms. The molecule has 0 aliphatic carbocycles. The van der Waals surface area contributed by atoms with Gasteiger partial charge in [-0.2, -0.15) is 13.7 Å². The van der Waals surface area contributed by atoms with E-state index in [4.69, 9.17) is 0 Å². The summed E-state index contributed by atoms with van der Waals surface area (Å²) in [5, 5.41) is 7.51. The van der Waals surface area contributed by atoms with E-state index in [-0.39, 0.29) is 144 Å². The summed E-state index contributed by atoms with van der Waals surface area (Å²) in [6.07, 6.45) is 11.7. The first-order valence-electron chi connectivity index (χ1n) is 39.4. The third-order valence-corrected chi connectivity index (χ3v) is 25.3. The highest BCUT2D eigenvalue weighted by Gasteiger charge is 2.31. The number of para-hydroxylation sites is 9. The van der Waals surface area contributed by atoms with Gasteiger partial charge in [-0.25, -0.2) is 0 Å². The number of pyridine rings is 3. The van der Waals surface area contributed by atoms with Gasteiger partial charge in [-0.15, -0.1) is 0 Å². The van der Waals surface area contributed by atoms with E-state index in [0.717, 1.165) is 72.0 Å². The molecule has 0 amide bonds. The molecule has 0 radical (unpaired) electrons. The largest absolute Gasteiger partial charge is 1.00 e. The first-order chi connectivity index (χ1) is 53.6. The van der Waals surface area contributed by atoms with Crippen molar-refractivity contribution in [3.63, 3.8) is 0 Å². The Morgan fingerprint density at radius 2 is 0.590 bits per heavy atom. The van der Waals surface area contributed by atoms with Crippen molar-refractivity contribution in [2.45, 2.75) is 54.2 Å². The molecule has 6 heterocycles. The summed E-state index contributed by atoms with van der Waals surface area (Å²) in [6, 6.07) is 91.7. The zero-order valence-corrected chi connectivity index (χ0v) is 85.7. The maximum absolute atomic E-state index is 2.44. The number of benzene rings is 9. The molecule has 21 heteroatoms. The first-order valence-corrected chi connectivity index (χ1v) is 41.9. The summed E-state index contributed by atoms with van der Waals surface area (Å²) in [5.74, 6) is 3.63. The lowest BCUT2D eigenvalue weighted by molar-refractivity contribution is -0.890. The molecule has 0 bridgehead atoms. The summed E-state index contributed by atoms with van der Waals surface area (Å²) >= 11 is 5.54. The van der Waals surface area contributed by atoms with Crippen LogP contribution >= 0.6 is 35.3 Å². The van der Waals surface area contributed by atoms with Gasteiger partial charge in [0.15, 0.2) is 0 Å². The standard InChI is InChI=1S/C33H40N4S.C32H38N4S.C31H36N4S.6HI/c1-6-22-37(4,5)23-14-21-34(2)32-24-26(25-33-35(3)30-19-12-13-20-31(30)38-33)28-17-10-11-18-29(28)36(32)27-15-8-7-9-16-27;1-6-36(4,5)22-14-21-33(2)31-23-25(24-32-34(3)29-19-12-13-20-30(29)37-32)27-17-10-11-18-28(27)35(31)26-15-8-7-9-16-26;1-32(20-13-21-35(3,4)5)30-22-24(23-31-33(2)28-18-11-12-19-29(28)36-31)26-16-9-10-17-27(26)34(30)25-14-7-6-8-15-25;;;;;;/h7-13,15-20,24-25H,6,14,21-23H2,1-5H3;7-13,15-20,23-24H,6,14,21-22H2,1-5H3;6-12,14-19,22-23H,13,20-21H2,1-5H3;6*1H/q3*+2;;;;;;/p-6. The minimum atomic E-state index is 0. The van der Waals surface area contributed by atoms with E-state index < -0.39 is 0 Å². The van der Waals surface area contributed by atoms with Crippen LogP contribution in [0.1, 0.15) is 56.2 Å². The van der Waals surface area contributed by atoms with E-state index in [1.165, 1.54) is 150 Å². The Hall–Kier alpha value is -5.46. The van der Waals surface area contributed by atoms with Gasteiger partial charge >= 0.3 is 0 Å². The second kappa shape index (κ2) is 45.1. The van der Waals surface area contributed by atoms with Crippen molar-refractivity contribution in [3.05, 3.63) is 287 Å². The van der Waals surface area contributed by atoms with Crippen molar-refractivity contribution >= 4 is 121 Å². The van der Waals surface area contributed by atoms with Crippen molar-refractivity contribution in [2.24, 2.45) is 0 Å². The molecular weight excluding hydrogens is 2180 g/mol. The zero-order chi connectivity index (χ0) is 78.0. The Bertz CT molecular complexity index is 5360. The Morgan fingerprint density at radius 1 is 0.325 bits per heavy atom. The highest BCUT2D eigenvalue weighted by molar-refractivity contribution is 8.04. The average molecular weight is 2290 g/mol. The van der Waals surface area contributed by atoms with Gasteiger partial charge in [0, 0.05) is 89.4 Å². The number of hydrogen-bond donors (Lipinski definition) is 0. The van der Waals surface area contributed by atoms with Gasteiger partial charge in [0.1, 0.15) is 33.6 Å². The van der Waals surface area contributed by atoms with E-state index in [0.29, 0.717) is 0 Å². The molecule has 0 fully saturated rings. The van der Waals surface area contributed by atoms with Crippen LogP contribution in [-0.4, -0.2) is 157 Å². The Labute approximate surface area is 813 Å². The third kappa shape index (κ3) is 24.1. The molecule has 117 heavy (non-hydrogen) atoms. The summed E-state index contributed by atoms with van der Waals surface area (Å²) < 4.78 is 10.3. The molecule has 0 saturated carbocycles. The summed E-state index contributed by atoms with van der Waals surface area (Å²) in [7, 11) is 29.3. The van der Waals surface area contributed by atoms with Crippen molar-refractivity contribution in [1.29, 1.82) is 0 Å². The summed E-state index contributed by atoms with van der Waals surface area (Å²) in [4.78, 5) is 18.1. The van der Waals surface area contributed by atoms with E-state index >= 15 is 0 Å². The van der Waals surface area contributed by atoms with E-state index in [9.17, 15) is 0 Å². The highest BCUT2D eigenvalue weighted by atomic mass is 127. The summed E-state index contributed by atoms with van der Waals surface area (Å²) in [6.45, 7) is 13.4. The fraction of sp³-hybridized carbons (Fsp3) is 0.281. The molecule has 12 nitrogen and oxygen atoms in total. The monoisotopic (exact) mass is 2290 g/mol. The summed E-state index contributed by atoms with van der Waals surface area (Å²) in [5.41, 5.74) is 14.8. The van der Waals surface area contributed by atoms with Crippen molar-refractivity contribution in [2.75, 3.05) is 173 Å². The van der Waals surface area contributed by atoms with Crippen molar-refractivity contribution < 1.29 is 171 Å². The minimum absolute atomic E-state index is 0. The number of rotatable bonds is 24. The zero-order valence-electron chi connectivity index (χ0n) is 70.3. The SMILES string of the molecule is CCC[N+](C)(C)CCCN(C)c1cc(C=C2Sc3ccccc3N2C)c2ccccc2[n+]1-c1ccccc1.CC[N+](C)(C)CCCN(C)c1cc(C=C2Sc3ccccc3N2C)c2ccccc2[n+]1-c1ccccc1.CN(CCC[N+](C)(C)C)c1cc(C=C2Sc3ccccc3N2C)c2ccccc2[n+]1-c1ccccc1.[I-].[I-].[I-].[I-].[I-].[I-]. The van der Waals surface area contributed by atoms with Crippen LogP contribution in [-0.2, 0) is 0 Å². The molecule has 0 N–H and O–H groups in total. The molecular formula is C96H114I6N12S3. The van der Waals surface area contributed by atoms with E-state index in [1.54, 1.807) is 0 Å². The topological polar surface area (TPSA) is 31.1 Å². The molecule has 0 unspecified atom stereocenters. The van der Waals surface area contributed by atoms with Crippen LogP contribution in [0, 0.1) is 0 Å². The Morgan fingerprint density at radius 3 is 0.872 bits per heavy atom. The van der Waals surface area contributed by atoms with Gasteiger partial charge in [-0.3, -0.25) is 14.7 Å².